The van der Waals surface area contributed by atoms with Gasteiger partial charge in [0.15, 0.2) is 0 Å². The van der Waals surface area contributed by atoms with E-state index in [1.165, 1.54) is 19.8 Å². The first-order valence-corrected chi connectivity index (χ1v) is 35.3. The summed E-state index contributed by atoms with van der Waals surface area (Å²) in [5.41, 5.74) is 9.10. The van der Waals surface area contributed by atoms with Gasteiger partial charge in [0, 0.05) is 94.9 Å². The molecule has 5 heterocycles. The van der Waals surface area contributed by atoms with Crippen LogP contribution >= 0.6 is 0 Å². The predicted molar refractivity (Wildman–Crippen MR) is 460 cm³/mol. The zero-order valence-electron chi connectivity index (χ0n) is 85.3. The summed E-state index contributed by atoms with van der Waals surface area (Å²) in [6.07, 6.45) is 0. The van der Waals surface area contributed by atoms with Gasteiger partial charge in [-0.1, -0.05) is 260 Å². The molecule has 22 rings (SSSR count). The van der Waals surface area contributed by atoms with Crippen LogP contribution in [0.4, 0.5) is 51.2 Å². The summed E-state index contributed by atoms with van der Waals surface area (Å²) >= 11 is 0. The summed E-state index contributed by atoms with van der Waals surface area (Å²) in [5.74, 6) is 0. The number of rotatable bonds is 12. The van der Waals surface area contributed by atoms with Crippen molar-refractivity contribution in [3.8, 4) is 61.6 Å². The number of aromatic nitrogens is 3. The van der Waals surface area contributed by atoms with E-state index in [0.29, 0.717) is 72.8 Å². The van der Waals surface area contributed by atoms with Gasteiger partial charge in [-0.2, -0.15) is 0 Å². The molecular formula is C102H67BN6. The normalized spacial score (nSPS) is 15.9. The van der Waals surface area contributed by atoms with E-state index in [2.05, 4.69) is 0 Å². The van der Waals surface area contributed by atoms with E-state index in [4.69, 9.17) is 9.60 Å². The molecule has 0 unspecified atom stereocenters. The fourth-order valence-electron chi connectivity index (χ4n) is 16.2. The zero-order chi connectivity index (χ0) is 96.0. The maximum atomic E-state index is 10.2. The van der Waals surface area contributed by atoms with Crippen molar-refractivity contribution in [2.75, 3.05) is 14.7 Å². The predicted octanol–water partition coefficient (Wildman–Crippen LogP) is 25.2. The van der Waals surface area contributed by atoms with E-state index in [1.54, 1.807) is 59.5 Å². The molecular weight excluding hydrogens is 1320 g/mol. The van der Waals surface area contributed by atoms with Crippen LogP contribution in [0.3, 0.4) is 0 Å². The number of benzene rings is 17. The molecule has 0 fully saturated rings. The van der Waals surface area contributed by atoms with Gasteiger partial charge in [-0.15, -0.1) is 0 Å². The molecule has 508 valence electrons. The second-order valence-electron chi connectivity index (χ2n) is 26.7. The molecule has 0 bridgehead atoms. The second kappa shape index (κ2) is 25.2. The fraction of sp³-hybridized carbons (Fsp3) is 0. The third kappa shape index (κ3) is 10.0. The van der Waals surface area contributed by atoms with Crippen LogP contribution in [0.15, 0.2) is 406 Å². The van der Waals surface area contributed by atoms with Crippen LogP contribution in [0.2, 0.25) is 0 Å². The number of hydrogen-bond acceptors (Lipinski definition) is 3. The number of fused-ring (bicyclic) bond motifs is 13. The average molecular weight is 1420 g/mol. The Balaban J connectivity index is 0.919. The Morgan fingerprint density at radius 3 is 0.963 bits per heavy atom. The van der Waals surface area contributed by atoms with Gasteiger partial charge in [-0.05, 0) is 206 Å². The molecule has 0 aliphatic carbocycles. The molecule has 2 aliphatic heterocycles. The number of nitrogens with zero attached hydrogens (tertiary/aromatic N) is 6. The molecule has 6 nitrogen and oxygen atoms in total. The van der Waals surface area contributed by atoms with Crippen molar-refractivity contribution in [2.24, 2.45) is 0 Å². The molecule has 20 aromatic rings. The Hall–Kier alpha value is -14.4. The van der Waals surface area contributed by atoms with E-state index < -0.39 is 176 Å². The molecule has 0 atom stereocenters. The largest absolute Gasteiger partial charge is 0.311 e. The smallest absolute Gasteiger partial charge is 0.252 e. The first-order valence-electron chi connectivity index (χ1n) is 49.3. The van der Waals surface area contributed by atoms with Gasteiger partial charge in [0.05, 0.1) is 77.2 Å². The molecule has 17 aromatic carbocycles. The Morgan fingerprint density at radius 1 is 0.220 bits per heavy atom. The van der Waals surface area contributed by atoms with Crippen molar-refractivity contribution < 1.29 is 38.4 Å². The zero-order valence-corrected chi connectivity index (χ0v) is 57.3. The summed E-state index contributed by atoms with van der Waals surface area (Å²) < 4.78 is 269. The average Bonchev–Trinajstić information content (AvgIpc) is 1.25. The van der Waals surface area contributed by atoms with Crippen LogP contribution in [0, 0.1) is 0 Å². The summed E-state index contributed by atoms with van der Waals surface area (Å²) in [6, 6.07) is 55.3. The van der Waals surface area contributed by atoms with Gasteiger partial charge in [-0.3, -0.25) is 0 Å². The molecule has 0 N–H and O–H groups in total. The van der Waals surface area contributed by atoms with E-state index in [0.717, 1.165) is 22.3 Å². The number of anilines is 9. The van der Waals surface area contributed by atoms with Crippen LogP contribution < -0.4 is 31.1 Å². The Bertz CT molecular complexity index is 8430. The maximum Gasteiger partial charge on any atom is 0.252 e. The van der Waals surface area contributed by atoms with E-state index in [9.17, 15) is 28.8 Å². The molecule has 109 heavy (non-hydrogen) atoms. The van der Waals surface area contributed by atoms with Crippen molar-refractivity contribution in [3.05, 3.63) is 406 Å². The molecule has 2 aliphatic rings. The third-order valence-corrected chi connectivity index (χ3v) is 20.8. The van der Waals surface area contributed by atoms with Crippen molar-refractivity contribution in [1.29, 1.82) is 0 Å². The molecule has 0 spiro atoms. The molecule has 7 heteroatoms. The van der Waals surface area contributed by atoms with Crippen molar-refractivity contribution >= 4 is 140 Å². The lowest BCUT2D eigenvalue weighted by atomic mass is 9.33. The minimum absolute atomic E-state index is 0.0533. The lowest BCUT2D eigenvalue weighted by molar-refractivity contribution is 1.15. The molecule has 0 radical (unpaired) electrons. The summed E-state index contributed by atoms with van der Waals surface area (Å²) in [6.45, 7) is -1.05. The minimum atomic E-state index is -1.05. The summed E-state index contributed by atoms with van der Waals surface area (Å²) in [4.78, 5) is 5.59. The van der Waals surface area contributed by atoms with Crippen LogP contribution in [0.25, 0.3) is 127 Å². The maximum absolute atomic E-state index is 10.2. The van der Waals surface area contributed by atoms with Gasteiger partial charge < -0.3 is 28.4 Å². The highest BCUT2D eigenvalue weighted by Gasteiger charge is 2.45. The molecule has 0 saturated heterocycles. The Morgan fingerprint density at radius 2 is 0.550 bits per heavy atom. The summed E-state index contributed by atoms with van der Waals surface area (Å²) in [7, 11) is 0. The molecule has 3 aromatic heterocycles. The highest BCUT2D eigenvalue weighted by atomic mass is 15.2. The van der Waals surface area contributed by atoms with Gasteiger partial charge in [0.2, 0.25) is 0 Å². The Labute approximate surface area is 671 Å². The lowest BCUT2D eigenvalue weighted by Gasteiger charge is -2.45. The first-order chi connectivity index (χ1) is 65.7. The van der Waals surface area contributed by atoms with Gasteiger partial charge in [0.1, 0.15) is 0 Å². The second-order valence-corrected chi connectivity index (χ2v) is 26.7. The topological polar surface area (TPSA) is 24.5 Å². The number of hydrogen-bond donors (Lipinski definition) is 0. The monoisotopic (exact) mass is 1410 g/mol. The van der Waals surface area contributed by atoms with E-state index in [1.807, 2.05) is 186 Å². The third-order valence-electron chi connectivity index (χ3n) is 20.8. The van der Waals surface area contributed by atoms with Crippen LogP contribution in [-0.4, -0.2) is 20.4 Å². The van der Waals surface area contributed by atoms with Gasteiger partial charge in [-0.25, -0.2) is 0 Å². The van der Waals surface area contributed by atoms with Crippen LogP contribution in [0.1, 0.15) is 38.4 Å². The lowest BCUT2D eigenvalue weighted by Crippen LogP contribution is -2.61. The van der Waals surface area contributed by atoms with Crippen molar-refractivity contribution in [1.82, 2.24) is 13.7 Å². The number of para-hydroxylation sites is 7. The van der Waals surface area contributed by atoms with E-state index in [-0.39, 0.29) is 99.5 Å². The SMILES string of the molecule is [2H]c1cc(N(c2ccc(-n3c4c([2H])c([2H])c([2H])c([2H])c4c4c([2H])c([2H])c([2H])c([2H])c43)cc2)c2ccc3c(c2)N(c2cc(-c4ccccc4)cc(-c4ccccc4)c2)c2cc(-n4c5c([2H])c([2H])c([2H])c([2H])c5c5c([2H])c([2H])c([2H])c([2H])c54)cc4c2B3c2ccc(-n3c5c([2H])c([2H])c([2H])c([2H])c5c5c([2H])c([2H])c([2H])c([2H])c53)cc2N4c2cc(-c3ccccc3)cc(-c3ccccc3)c2)c([2H])c([2H])c1[2H]. The van der Waals surface area contributed by atoms with Crippen LogP contribution in [-0.2, 0) is 0 Å². The standard InChI is InChI=1S/C102H67BN6/c1-6-28-68(29-7-1)72-58-73(69-30-8-2-9-31-69)61-81(60-72)108-98-64-79(104(76-36-14-5-15-37-76)77-50-52-78(53-51-77)105-92-44-22-16-38-84(92)85-39-17-23-45-93(85)105)54-56-90(98)103-91-57-55-80(106-94-46-24-18-40-86(94)87-41-19-25-47-95(87)106)65-99(91)109(82-62-74(70-32-10-3-11-33-70)59-75(63-82)71-34-12-4-13-35-71)101-67-83(66-100(108)102(101)103)107-96-48-26-20-42-88(96)89-43-21-27-49-97(89)107/h1-67H/i5D,14D,15D,16D,17D,18D,19D,20D,21D,22D,23D,24D,25D,26D,27D,36D,38D,39D,40D,41D,42D,43D,44D,45D,46D,47D,48D,49D. The quantitative estimate of drug-likeness (QED) is 0.114. The van der Waals surface area contributed by atoms with Crippen LogP contribution in [0.5, 0.6) is 0 Å². The highest BCUT2D eigenvalue weighted by Crippen LogP contribution is 2.51. The van der Waals surface area contributed by atoms with Gasteiger partial charge in [0.25, 0.3) is 6.71 Å². The van der Waals surface area contributed by atoms with Crippen molar-refractivity contribution in [2.45, 2.75) is 0 Å². The molecule has 0 saturated carbocycles. The Kier molecular flexibility index (Phi) is 9.28. The minimum Gasteiger partial charge on any atom is -0.311 e. The summed E-state index contributed by atoms with van der Waals surface area (Å²) in [5, 5.41) is -1.22. The first kappa shape index (κ1) is 40.2. The van der Waals surface area contributed by atoms with Crippen molar-refractivity contribution in [3.63, 3.8) is 0 Å². The van der Waals surface area contributed by atoms with Gasteiger partial charge >= 0.3 is 0 Å². The van der Waals surface area contributed by atoms with E-state index >= 15 is 0 Å². The highest BCUT2D eigenvalue weighted by molar-refractivity contribution is 7.00. The fourth-order valence-corrected chi connectivity index (χ4v) is 16.2. The molecule has 0 amide bonds.